The molecule has 0 amide bonds. The van der Waals surface area contributed by atoms with Crippen LogP contribution < -0.4 is 0 Å². The molecule has 0 heterocycles. The Labute approximate surface area is 783 Å². The Morgan fingerprint density at radius 2 is 0.288 bits per heavy atom. The molecule has 0 aromatic rings. The van der Waals surface area contributed by atoms with Gasteiger partial charge in [0.25, 0.3) is 0 Å². The molecule has 0 aliphatic heterocycles. The summed E-state index contributed by atoms with van der Waals surface area (Å²) in [5.74, 6) is -1.35. The molecule has 1 aliphatic rings. The smallest absolute Gasteiger partial charge is 0.308 e. The van der Waals surface area contributed by atoms with Gasteiger partial charge in [-0.2, -0.15) is 0 Å². The van der Waals surface area contributed by atoms with Gasteiger partial charge >= 0.3 is 23.9 Å². The molecule has 0 unspecified atom stereocenters. The van der Waals surface area contributed by atoms with Crippen LogP contribution in [0.3, 0.4) is 0 Å². The Balaban J connectivity index is 2.98. The van der Waals surface area contributed by atoms with Gasteiger partial charge in [0.15, 0.2) is 0 Å². The van der Waals surface area contributed by atoms with Gasteiger partial charge < -0.3 is 18.9 Å². The predicted octanol–water partition coefficient (Wildman–Crippen LogP) is 40.4. The maximum atomic E-state index is 14.8. The summed E-state index contributed by atoms with van der Waals surface area (Å²) < 4.78 is 25.2. The van der Waals surface area contributed by atoms with E-state index in [1.54, 1.807) is 0 Å². The lowest BCUT2D eigenvalue weighted by Gasteiger charge is -2.32. The van der Waals surface area contributed by atoms with Gasteiger partial charge in [0, 0.05) is 19.3 Å². The summed E-state index contributed by atoms with van der Waals surface area (Å²) >= 11 is 0. The fraction of sp³-hybridized carbons (Fsp3) is 0.966. The molecule has 0 radical (unpaired) electrons. The zero-order valence-corrected chi connectivity index (χ0v) is 85.7. The van der Waals surface area contributed by atoms with Gasteiger partial charge in [-0.15, -0.1) is 0 Å². The highest BCUT2D eigenvalue weighted by molar-refractivity contribution is 5.73. The molecule has 125 heavy (non-hydrogen) atoms. The van der Waals surface area contributed by atoms with Gasteiger partial charge in [-0.05, 0) is 32.1 Å². The van der Waals surface area contributed by atoms with E-state index in [0.29, 0.717) is 19.3 Å². The van der Waals surface area contributed by atoms with Crippen molar-refractivity contribution in [3.05, 3.63) is 0 Å². The molecule has 0 aromatic heterocycles. The first-order valence-corrected chi connectivity index (χ1v) is 58.5. The van der Waals surface area contributed by atoms with E-state index < -0.39 is 5.41 Å². The molecule has 1 fully saturated rings. The molecule has 0 N–H and O–H groups in total. The van der Waals surface area contributed by atoms with Crippen molar-refractivity contribution < 1.29 is 38.1 Å². The number of unbranched alkanes of at least 4 members (excludes halogenated alkanes) is 72. The zero-order valence-electron chi connectivity index (χ0n) is 85.7. The van der Waals surface area contributed by atoms with E-state index in [1.165, 1.54) is 552 Å². The molecule has 1 rings (SSSR count). The fourth-order valence-electron chi connectivity index (χ4n) is 19.8. The van der Waals surface area contributed by atoms with Crippen molar-refractivity contribution in [2.24, 2.45) is 11.3 Å². The first-order valence-electron chi connectivity index (χ1n) is 58.5. The highest BCUT2D eigenvalue weighted by atomic mass is 16.6. The van der Waals surface area contributed by atoms with Crippen LogP contribution in [0.2, 0.25) is 0 Å². The Kier molecular flexibility index (Phi) is 101. The molecule has 0 spiro atoms. The number of hydrogen-bond acceptors (Lipinski definition) is 8. The monoisotopic (exact) mass is 1760 g/mol. The molecular formula is C117H226O8. The Hall–Kier alpha value is -2.12. The van der Waals surface area contributed by atoms with Crippen LogP contribution in [0.1, 0.15) is 689 Å². The summed E-state index contributed by atoms with van der Waals surface area (Å²) in [6.07, 6.45) is 134. The molecule has 0 atom stereocenters. The van der Waals surface area contributed by atoms with E-state index in [-0.39, 0.29) is 56.2 Å². The first-order chi connectivity index (χ1) is 61.9. The van der Waals surface area contributed by atoms with Crippen molar-refractivity contribution in [1.29, 1.82) is 0 Å². The Morgan fingerprint density at radius 1 is 0.168 bits per heavy atom. The largest absolute Gasteiger partial charge is 0.465 e. The lowest BCUT2D eigenvalue weighted by Crippen LogP contribution is -2.44. The quantitative estimate of drug-likeness (QED) is 0.0337. The van der Waals surface area contributed by atoms with Crippen LogP contribution in [0.5, 0.6) is 0 Å². The minimum Gasteiger partial charge on any atom is -0.465 e. The van der Waals surface area contributed by atoms with Crippen molar-refractivity contribution in [1.82, 2.24) is 0 Å². The standard InChI is InChI=1S/C117H226O8/c1-4-7-10-13-16-19-22-25-28-31-34-37-40-43-50-55-60-65-70-75-80-85-90-95-100-105-113(118)122-108-117(109-123-114(119)106-101-96-91-86-81-76-71-66-61-56-51-44-41-38-35-32-29-26-23-20-17-14-11-8-5-2,110-124-115(120)107-102-97-92-87-82-77-72-67-62-57-52-45-42-39-36-33-30-27-24-21-18-15-12-9-6-3)111-125-116(121)112-103-98-93-88-83-78-73-68-63-58-53-48-46-47-49-54-59-64-69-74-79-84-89-94-99-104-112/h112H,4-111H2,1-3H3. The van der Waals surface area contributed by atoms with Crippen LogP contribution in [-0.4, -0.2) is 50.3 Å². The first kappa shape index (κ1) is 121. The molecule has 8 heteroatoms. The lowest BCUT2D eigenvalue weighted by atomic mass is 9.91. The van der Waals surface area contributed by atoms with Crippen LogP contribution in [0.15, 0.2) is 0 Å². The molecular weight excluding hydrogens is 1530 g/mol. The normalized spacial score (nSPS) is 14.6. The van der Waals surface area contributed by atoms with Gasteiger partial charge in [-0.1, -0.05) is 637 Å². The van der Waals surface area contributed by atoms with Gasteiger partial charge in [-0.25, -0.2) is 0 Å². The molecule has 0 saturated heterocycles. The van der Waals surface area contributed by atoms with Crippen LogP contribution >= 0.6 is 0 Å². The minimum absolute atomic E-state index is 0.144. The number of carbonyl (C=O) groups is 4. The topological polar surface area (TPSA) is 105 Å². The summed E-state index contributed by atoms with van der Waals surface area (Å²) in [5.41, 5.74) is -1.23. The average molecular weight is 1760 g/mol. The van der Waals surface area contributed by atoms with E-state index in [9.17, 15) is 19.2 Å². The highest BCUT2D eigenvalue weighted by Crippen LogP contribution is 2.30. The Bertz CT molecular complexity index is 1910. The average Bonchev–Trinajstić information content (AvgIpc) is 0.847. The van der Waals surface area contributed by atoms with Crippen molar-refractivity contribution >= 4 is 23.9 Å². The lowest BCUT2D eigenvalue weighted by molar-refractivity contribution is -0.172. The van der Waals surface area contributed by atoms with E-state index in [1.807, 2.05) is 0 Å². The predicted molar refractivity (Wildman–Crippen MR) is 547 cm³/mol. The molecule has 0 bridgehead atoms. The molecule has 8 nitrogen and oxygen atoms in total. The van der Waals surface area contributed by atoms with Crippen molar-refractivity contribution in [3.63, 3.8) is 0 Å². The number of rotatable bonds is 87. The van der Waals surface area contributed by atoms with Crippen molar-refractivity contribution in [3.8, 4) is 0 Å². The Morgan fingerprint density at radius 3 is 0.432 bits per heavy atom. The molecule has 742 valence electrons. The van der Waals surface area contributed by atoms with Gasteiger partial charge in [0.2, 0.25) is 0 Å². The van der Waals surface area contributed by atoms with E-state index in [0.717, 1.165) is 96.3 Å². The van der Waals surface area contributed by atoms with Gasteiger partial charge in [0.05, 0.1) is 5.92 Å². The van der Waals surface area contributed by atoms with Crippen LogP contribution in [0, 0.1) is 11.3 Å². The van der Waals surface area contributed by atoms with Crippen LogP contribution in [-0.2, 0) is 38.1 Å². The second kappa shape index (κ2) is 104. The van der Waals surface area contributed by atoms with Crippen molar-refractivity contribution in [2.75, 3.05) is 26.4 Å². The van der Waals surface area contributed by atoms with E-state index in [2.05, 4.69) is 20.8 Å². The maximum Gasteiger partial charge on any atom is 0.308 e. The summed E-state index contributed by atoms with van der Waals surface area (Å²) in [6.45, 7) is 6.32. The summed E-state index contributed by atoms with van der Waals surface area (Å²) in [7, 11) is 0. The second-order valence-corrected chi connectivity index (χ2v) is 41.6. The summed E-state index contributed by atoms with van der Waals surface area (Å²) in [6, 6.07) is 0. The number of ether oxygens (including phenoxy) is 4. The van der Waals surface area contributed by atoms with Gasteiger partial charge in [0.1, 0.15) is 31.8 Å². The third-order valence-corrected chi connectivity index (χ3v) is 28.8. The minimum atomic E-state index is -1.23. The fourth-order valence-corrected chi connectivity index (χ4v) is 19.8. The van der Waals surface area contributed by atoms with Crippen molar-refractivity contribution in [2.45, 2.75) is 689 Å². The summed E-state index contributed by atoms with van der Waals surface area (Å²) in [4.78, 5) is 56.5. The van der Waals surface area contributed by atoms with E-state index >= 15 is 0 Å². The molecule has 0 aromatic carbocycles. The zero-order chi connectivity index (χ0) is 89.6. The number of hydrogen-bond donors (Lipinski definition) is 0. The van der Waals surface area contributed by atoms with Crippen LogP contribution in [0.25, 0.3) is 0 Å². The van der Waals surface area contributed by atoms with Gasteiger partial charge in [-0.3, -0.25) is 19.2 Å². The number of esters is 4. The SMILES string of the molecule is CCCCCCCCCCCCCCCCCCCCCCCCCCCC(=O)OCC(COC(=O)CCCCCCCCCCCCCCCCCCCCCCCCCCC)(COC(=O)CCCCCCCCCCCCCCCCCCCCCCCCCCC)COC(=O)C1CCCCCCCCCCCCCCCCCCCCCCCCCC1. The molecule has 1 saturated carbocycles. The third kappa shape index (κ3) is 94.9. The van der Waals surface area contributed by atoms with E-state index in [4.69, 9.17) is 18.9 Å². The third-order valence-electron chi connectivity index (χ3n) is 28.8. The van der Waals surface area contributed by atoms with Crippen LogP contribution in [0.4, 0.5) is 0 Å². The molecule has 1 aliphatic carbocycles. The highest BCUT2D eigenvalue weighted by Gasteiger charge is 2.39. The second-order valence-electron chi connectivity index (χ2n) is 41.6. The number of carbonyl (C=O) groups excluding carboxylic acids is 4. The maximum absolute atomic E-state index is 14.8. The summed E-state index contributed by atoms with van der Waals surface area (Å²) in [5, 5.41) is 0.